The van der Waals surface area contributed by atoms with Gasteiger partial charge in [0.15, 0.2) is 0 Å². The van der Waals surface area contributed by atoms with E-state index in [1.807, 2.05) is 41.5 Å². The number of ether oxygens (including phenoxy) is 2. The number of aliphatic carboxylic acids is 1. The highest BCUT2D eigenvalue weighted by Gasteiger charge is 2.34. The van der Waals surface area contributed by atoms with Crippen LogP contribution < -0.4 is 21.7 Å². The van der Waals surface area contributed by atoms with Gasteiger partial charge in [-0.2, -0.15) is 0 Å². The number of rotatable bonds is 39. The second kappa shape index (κ2) is 34.2. The molecule has 59 heavy (non-hydrogen) atoms. The number of hydrogen-bond donors (Lipinski definition) is 5. The average molecular weight is 863 g/mol. The van der Waals surface area contributed by atoms with Crippen molar-refractivity contribution in [3.63, 3.8) is 0 Å². The number of amides is 3. The molecule has 0 aliphatic rings. The maximum absolute atomic E-state index is 13.3. The van der Waals surface area contributed by atoms with Crippen LogP contribution in [-0.4, -0.2) is 104 Å². The third-order valence-corrected chi connectivity index (χ3v) is 11.6. The van der Waals surface area contributed by atoms with Crippen molar-refractivity contribution >= 4 is 37.6 Å². The Morgan fingerprint density at radius 2 is 1.10 bits per heavy atom. The predicted molar refractivity (Wildman–Crippen MR) is 232 cm³/mol. The van der Waals surface area contributed by atoms with Gasteiger partial charge in [-0.1, -0.05) is 83.5 Å². The lowest BCUT2D eigenvalue weighted by atomic mass is 10.0. The van der Waals surface area contributed by atoms with Crippen molar-refractivity contribution < 1.29 is 52.2 Å². The zero-order valence-electron chi connectivity index (χ0n) is 37.6. The molecule has 2 atom stereocenters. The lowest BCUT2D eigenvalue weighted by molar-refractivity contribution is -0.138. The van der Waals surface area contributed by atoms with Gasteiger partial charge in [-0.05, 0) is 80.1 Å². The van der Waals surface area contributed by atoms with Crippen molar-refractivity contribution in [1.29, 1.82) is 0 Å². The monoisotopic (exact) mass is 863 g/mol. The molecule has 0 aromatic rings. The minimum atomic E-state index is -3.13. The van der Waals surface area contributed by atoms with E-state index >= 15 is 0 Å². The first-order valence-electron chi connectivity index (χ1n) is 22.3. The lowest BCUT2D eigenvalue weighted by Crippen LogP contribution is -2.37. The number of unbranched alkanes of at least 4 members (excludes halogenated alkanes) is 15. The van der Waals surface area contributed by atoms with Gasteiger partial charge < -0.3 is 50.1 Å². The fourth-order valence-corrected chi connectivity index (χ4v) is 8.70. The molecule has 0 aliphatic carbocycles. The molecule has 15 nitrogen and oxygen atoms in total. The molecule has 0 radical (unpaired) electrons. The molecule has 0 aromatic heterocycles. The van der Waals surface area contributed by atoms with Crippen molar-refractivity contribution in [1.82, 2.24) is 16.0 Å². The van der Waals surface area contributed by atoms with Crippen LogP contribution in [0.15, 0.2) is 0 Å². The topological polar surface area (TPSA) is 222 Å². The summed E-state index contributed by atoms with van der Waals surface area (Å²) in [6, 6.07) is -1.59. The molecule has 6 N–H and O–H groups in total. The molecule has 0 aromatic carbocycles. The van der Waals surface area contributed by atoms with Crippen LogP contribution >= 0.6 is 7.60 Å². The first-order valence-corrected chi connectivity index (χ1v) is 24.0. The van der Waals surface area contributed by atoms with E-state index in [0.717, 1.165) is 44.9 Å². The van der Waals surface area contributed by atoms with Crippen molar-refractivity contribution in [2.45, 2.75) is 200 Å². The van der Waals surface area contributed by atoms with Crippen molar-refractivity contribution in [3.8, 4) is 0 Å². The highest BCUT2D eigenvalue weighted by Crippen LogP contribution is 2.55. The number of carboxylic acid groups (broad SMARTS) is 1. The quantitative estimate of drug-likeness (QED) is 0.0232. The third kappa shape index (κ3) is 38.3. The summed E-state index contributed by atoms with van der Waals surface area (Å²) in [5, 5.41) is 16.9. The number of aldehydes is 1. The molecule has 16 heteroatoms. The van der Waals surface area contributed by atoms with Gasteiger partial charge in [0.2, 0.25) is 17.7 Å². The number of hydrogen-bond acceptors (Lipinski definition) is 11. The van der Waals surface area contributed by atoms with E-state index in [4.69, 9.17) is 29.4 Å². The second-order valence-corrected chi connectivity index (χ2v) is 19.5. The summed E-state index contributed by atoms with van der Waals surface area (Å²) in [6.45, 7) is 12.8. The molecule has 0 saturated carbocycles. The maximum Gasteiger partial charge on any atom is 0.331 e. The first-order chi connectivity index (χ1) is 27.9. The minimum absolute atomic E-state index is 0.100. The van der Waals surface area contributed by atoms with Crippen molar-refractivity contribution in [3.05, 3.63) is 0 Å². The molecular weight excluding hydrogens is 779 g/mol. The number of carbonyl (C=O) groups excluding carboxylic acids is 4. The number of nitrogens with two attached hydrogens (primary N) is 1. The van der Waals surface area contributed by atoms with Gasteiger partial charge in [-0.25, -0.2) is 0 Å². The van der Waals surface area contributed by atoms with E-state index in [9.17, 15) is 28.5 Å². The molecular formula is C43H83N4O11P. The van der Waals surface area contributed by atoms with Gasteiger partial charge in [0.05, 0.1) is 43.2 Å². The van der Waals surface area contributed by atoms with Crippen LogP contribution in [0, 0.1) is 0 Å². The Labute approximate surface area is 356 Å². The zero-order valence-corrected chi connectivity index (χ0v) is 38.5. The second-order valence-electron chi connectivity index (χ2n) is 17.4. The third-order valence-electron chi connectivity index (χ3n) is 9.11. The van der Waals surface area contributed by atoms with Crippen LogP contribution in [0.25, 0.3) is 0 Å². The van der Waals surface area contributed by atoms with E-state index in [0.29, 0.717) is 44.7 Å². The molecule has 346 valence electrons. The molecule has 0 rings (SSSR count). The summed E-state index contributed by atoms with van der Waals surface area (Å²) in [6.07, 6.45) is 20.4. The van der Waals surface area contributed by atoms with Gasteiger partial charge in [0.1, 0.15) is 18.9 Å². The highest BCUT2D eigenvalue weighted by atomic mass is 31.2. The molecule has 2 unspecified atom stereocenters. The van der Waals surface area contributed by atoms with Crippen LogP contribution in [0.5, 0.6) is 0 Å². The Hall–Kier alpha value is -2.42. The number of carboxylic acids is 1. The fourth-order valence-electron chi connectivity index (χ4n) is 6.20. The Kier molecular flexibility index (Phi) is 32.8. The standard InChI is InChI=1S/C43H83N4O11P/c1-42(2,3)57-59(54,58-43(4,5)6)33-23-19-17-15-13-11-9-7-8-10-12-14-16-18-20-25-39(50)47-36(34-48)26-27-38(49)46-29-30-55-31-32-56-35-40(51)45-28-22-21-24-37(44)41(52)53/h34,36-37H,7-33,35,44H2,1-6H3,(H,45,51)(H,46,49)(H,47,50)(H,52,53). The van der Waals surface area contributed by atoms with E-state index in [2.05, 4.69) is 16.0 Å². The Balaban J connectivity index is 3.69. The van der Waals surface area contributed by atoms with Gasteiger partial charge >= 0.3 is 13.6 Å². The zero-order chi connectivity index (χ0) is 44.4. The minimum Gasteiger partial charge on any atom is -0.480 e. The van der Waals surface area contributed by atoms with Gasteiger partial charge in [0, 0.05) is 25.9 Å². The molecule has 0 aliphatic heterocycles. The summed E-state index contributed by atoms with van der Waals surface area (Å²) in [5.74, 6) is -1.72. The first kappa shape index (κ1) is 56.6. The van der Waals surface area contributed by atoms with Crippen molar-refractivity contribution in [2.75, 3.05) is 45.7 Å². The van der Waals surface area contributed by atoms with Crippen LogP contribution in [-0.2, 0) is 47.1 Å². The maximum atomic E-state index is 13.3. The Bertz CT molecular complexity index is 1170. The highest BCUT2D eigenvalue weighted by molar-refractivity contribution is 7.53. The molecule has 3 amide bonds. The van der Waals surface area contributed by atoms with E-state index in [-0.39, 0.29) is 63.5 Å². The van der Waals surface area contributed by atoms with Crippen LogP contribution in [0.3, 0.4) is 0 Å². The van der Waals surface area contributed by atoms with E-state index in [1.54, 1.807) is 0 Å². The lowest BCUT2D eigenvalue weighted by Gasteiger charge is -2.32. The Morgan fingerprint density at radius 3 is 1.61 bits per heavy atom. The largest absolute Gasteiger partial charge is 0.480 e. The SMILES string of the molecule is CC(C)(C)OP(=O)(CCCCCCCCCCCCCCCCCC(=O)NC(C=O)CCC(=O)NCCOCCOCC(=O)NCCCCC(N)C(=O)O)OC(C)(C)C. The van der Waals surface area contributed by atoms with Crippen molar-refractivity contribution in [2.24, 2.45) is 5.73 Å². The van der Waals surface area contributed by atoms with Gasteiger partial charge in [0.25, 0.3) is 0 Å². The summed E-state index contributed by atoms with van der Waals surface area (Å²) in [4.78, 5) is 58.4. The molecule has 0 saturated heterocycles. The van der Waals surface area contributed by atoms with E-state index < -0.39 is 36.9 Å². The average Bonchev–Trinajstić information content (AvgIpc) is 3.13. The summed E-state index contributed by atoms with van der Waals surface area (Å²) in [5.41, 5.74) is 4.43. The Morgan fingerprint density at radius 1 is 0.610 bits per heavy atom. The number of carbonyl (C=O) groups is 5. The molecule has 0 heterocycles. The fraction of sp³-hybridized carbons (Fsp3) is 0.884. The molecule has 0 bridgehead atoms. The summed E-state index contributed by atoms with van der Waals surface area (Å²) < 4.78 is 35.7. The molecule has 0 spiro atoms. The predicted octanol–water partition coefficient (Wildman–Crippen LogP) is 7.36. The normalized spacial score (nSPS) is 13.1. The number of nitrogens with one attached hydrogen (secondary N) is 3. The van der Waals surface area contributed by atoms with Crippen LogP contribution in [0.2, 0.25) is 0 Å². The smallest absolute Gasteiger partial charge is 0.331 e. The summed E-state index contributed by atoms with van der Waals surface area (Å²) >= 11 is 0. The van der Waals surface area contributed by atoms with Crippen LogP contribution in [0.4, 0.5) is 0 Å². The van der Waals surface area contributed by atoms with Crippen LogP contribution in [0.1, 0.15) is 176 Å². The molecule has 0 fully saturated rings. The van der Waals surface area contributed by atoms with E-state index in [1.165, 1.54) is 51.4 Å². The summed E-state index contributed by atoms with van der Waals surface area (Å²) in [7, 11) is -3.13. The van der Waals surface area contributed by atoms with Gasteiger partial charge in [-0.15, -0.1) is 0 Å². The van der Waals surface area contributed by atoms with Gasteiger partial charge in [-0.3, -0.25) is 23.7 Å².